The van der Waals surface area contributed by atoms with E-state index in [2.05, 4.69) is 6.58 Å². The van der Waals surface area contributed by atoms with Gasteiger partial charge in [0.2, 0.25) is 6.29 Å². The molecule has 172 valence electrons. The van der Waals surface area contributed by atoms with Crippen LogP contribution in [-0.4, -0.2) is 97.6 Å². The first-order chi connectivity index (χ1) is 14.3. The molecule has 2 aliphatic rings. The smallest absolute Gasteiger partial charge is 0.337 e. The fraction of sp³-hybridized carbons (Fsp3) is 0.737. The van der Waals surface area contributed by atoms with E-state index in [1.165, 1.54) is 33.7 Å². The first kappa shape index (κ1) is 24.7. The summed E-state index contributed by atoms with van der Waals surface area (Å²) in [6.45, 7) is 3.18. The summed E-state index contributed by atoms with van der Waals surface area (Å²) in [5.74, 6) is -1.77. The van der Waals surface area contributed by atoms with E-state index in [-0.39, 0.29) is 12.0 Å². The van der Waals surface area contributed by atoms with E-state index in [4.69, 9.17) is 28.4 Å². The number of aliphatic hydroxyl groups excluding tert-OH is 4. The lowest BCUT2D eigenvalue weighted by atomic mass is 9.81. The van der Waals surface area contributed by atoms with Crippen molar-refractivity contribution < 1.29 is 53.6 Å². The average Bonchev–Trinajstić information content (AvgIpc) is 2.77. The molecule has 4 N–H and O–H groups in total. The van der Waals surface area contributed by atoms with Gasteiger partial charge >= 0.3 is 5.97 Å². The number of methoxy groups -OCH3 is 3. The van der Waals surface area contributed by atoms with Gasteiger partial charge in [-0.1, -0.05) is 6.08 Å². The van der Waals surface area contributed by atoms with Gasteiger partial charge in [-0.15, -0.1) is 6.58 Å². The third-order valence-electron chi connectivity index (χ3n) is 5.29. The van der Waals surface area contributed by atoms with Crippen molar-refractivity contribution >= 4 is 5.97 Å². The van der Waals surface area contributed by atoms with Gasteiger partial charge in [-0.25, -0.2) is 4.79 Å². The minimum Gasteiger partial charge on any atom is -0.471 e. The molecule has 0 saturated carbocycles. The van der Waals surface area contributed by atoms with Gasteiger partial charge in [0.05, 0.1) is 25.6 Å². The second-order valence-electron chi connectivity index (χ2n) is 6.96. The summed E-state index contributed by atoms with van der Waals surface area (Å²) >= 11 is 0. The number of aliphatic hydroxyl groups is 4. The van der Waals surface area contributed by atoms with Crippen molar-refractivity contribution in [1.82, 2.24) is 0 Å². The topological polar surface area (TPSA) is 153 Å². The molecule has 11 nitrogen and oxygen atoms in total. The Morgan fingerprint density at radius 2 is 1.83 bits per heavy atom. The summed E-state index contributed by atoms with van der Waals surface area (Å²) in [5.41, 5.74) is 0.218. The molecule has 30 heavy (non-hydrogen) atoms. The van der Waals surface area contributed by atoms with Crippen molar-refractivity contribution in [2.75, 3.05) is 27.9 Å². The van der Waals surface area contributed by atoms with Gasteiger partial charge in [-0.2, -0.15) is 0 Å². The summed E-state index contributed by atoms with van der Waals surface area (Å²) in [7, 11) is 4.16. The van der Waals surface area contributed by atoms with Crippen molar-refractivity contribution in [3.05, 3.63) is 24.5 Å². The van der Waals surface area contributed by atoms with Crippen LogP contribution in [0.5, 0.6) is 0 Å². The zero-order valence-electron chi connectivity index (χ0n) is 17.1. The van der Waals surface area contributed by atoms with Gasteiger partial charge in [0.25, 0.3) is 0 Å². The van der Waals surface area contributed by atoms with Crippen LogP contribution in [0, 0.1) is 11.8 Å². The fourth-order valence-corrected chi connectivity index (χ4v) is 3.52. The standard InChI is InChI=1S/C19H30O11/c1-5-9-10(6-13(25-2)26-3)11(17(24)27-4)8-28-18(9)30-19-16(23)15(22)14(21)12(7-20)29-19/h5,8-10,12-16,18-23H,1,6-7H2,2-4H3/t9-,10+,12?,14?,15?,16?,18?,19?/m1/s1. The van der Waals surface area contributed by atoms with Crippen LogP contribution in [0.15, 0.2) is 24.5 Å². The molecule has 8 atom stereocenters. The zero-order chi connectivity index (χ0) is 22.4. The molecule has 0 radical (unpaired) electrons. The molecule has 11 heteroatoms. The molecule has 0 aliphatic carbocycles. The third-order valence-corrected chi connectivity index (χ3v) is 5.29. The number of hydrogen-bond acceptors (Lipinski definition) is 11. The lowest BCUT2D eigenvalue weighted by molar-refractivity contribution is -0.339. The Labute approximate surface area is 174 Å². The van der Waals surface area contributed by atoms with Gasteiger partial charge in [0, 0.05) is 32.5 Å². The molecule has 0 aromatic rings. The molecule has 2 heterocycles. The van der Waals surface area contributed by atoms with Gasteiger partial charge < -0.3 is 48.8 Å². The van der Waals surface area contributed by atoms with Gasteiger partial charge in [-0.05, 0) is 0 Å². The molecular weight excluding hydrogens is 404 g/mol. The summed E-state index contributed by atoms with van der Waals surface area (Å²) in [6.07, 6.45) is -6.05. The minimum atomic E-state index is -1.60. The van der Waals surface area contributed by atoms with Crippen molar-refractivity contribution in [3.8, 4) is 0 Å². The van der Waals surface area contributed by atoms with Crippen LogP contribution in [0.25, 0.3) is 0 Å². The van der Waals surface area contributed by atoms with Crippen LogP contribution >= 0.6 is 0 Å². The lowest BCUT2D eigenvalue weighted by Crippen LogP contribution is -2.60. The Morgan fingerprint density at radius 3 is 2.37 bits per heavy atom. The highest BCUT2D eigenvalue weighted by Crippen LogP contribution is 2.38. The van der Waals surface area contributed by atoms with E-state index >= 15 is 0 Å². The van der Waals surface area contributed by atoms with Crippen molar-refractivity contribution in [2.45, 2.75) is 49.7 Å². The molecule has 0 bridgehead atoms. The number of hydrogen-bond donors (Lipinski definition) is 4. The molecule has 2 aliphatic heterocycles. The van der Waals surface area contributed by atoms with Crippen LogP contribution < -0.4 is 0 Å². The number of esters is 1. The largest absolute Gasteiger partial charge is 0.471 e. The van der Waals surface area contributed by atoms with E-state index in [1.54, 1.807) is 0 Å². The van der Waals surface area contributed by atoms with Crippen LogP contribution in [0.4, 0.5) is 0 Å². The lowest BCUT2D eigenvalue weighted by Gasteiger charge is -2.43. The number of ether oxygens (including phenoxy) is 6. The summed E-state index contributed by atoms with van der Waals surface area (Å²) in [5, 5.41) is 39.4. The van der Waals surface area contributed by atoms with E-state index in [1.807, 2.05) is 0 Å². The Balaban J connectivity index is 2.26. The molecule has 0 aromatic heterocycles. The number of rotatable bonds is 9. The Morgan fingerprint density at radius 1 is 1.17 bits per heavy atom. The maximum atomic E-state index is 12.2. The van der Waals surface area contributed by atoms with Crippen LogP contribution in [-0.2, 0) is 33.2 Å². The first-order valence-electron chi connectivity index (χ1n) is 9.40. The molecule has 0 aromatic carbocycles. The SMILES string of the molecule is C=C[C@H]1C(OC2OC(CO)C(O)C(O)C2O)OC=C(C(=O)OC)[C@H]1CC(OC)OC. The molecule has 0 spiro atoms. The molecule has 6 unspecified atom stereocenters. The molecule has 1 fully saturated rings. The maximum Gasteiger partial charge on any atom is 0.337 e. The second-order valence-corrected chi connectivity index (χ2v) is 6.96. The van der Waals surface area contributed by atoms with Crippen molar-refractivity contribution in [2.24, 2.45) is 11.8 Å². The normalized spacial score (nSPS) is 36.7. The molecule has 1 saturated heterocycles. The first-order valence-corrected chi connectivity index (χ1v) is 9.40. The van der Waals surface area contributed by atoms with Gasteiger partial charge in [0.1, 0.15) is 24.4 Å². The van der Waals surface area contributed by atoms with Crippen molar-refractivity contribution in [3.63, 3.8) is 0 Å². The molecule has 2 rings (SSSR count). The summed E-state index contributed by atoms with van der Waals surface area (Å²) in [4.78, 5) is 12.2. The summed E-state index contributed by atoms with van der Waals surface area (Å²) < 4.78 is 31.9. The monoisotopic (exact) mass is 434 g/mol. The average molecular weight is 434 g/mol. The van der Waals surface area contributed by atoms with Crippen LogP contribution in [0.2, 0.25) is 0 Å². The highest BCUT2D eigenvalue weighted by molar-refractivity contribution is 5.88. The Hall–Kier alpha value is -1.57. The van der Waals surface area contributed by atoms with E-state index in [0.717, 1.165) is 0 Å². The predicted molar refractivity (Wildman–Crippen MR) is 99.4 cm³/mol. The minimum absolute atomic E-state index is 0.218. The molecular formula is C19H30O11. The van der Waals surface area contributed by atoms with E-state index in [0.29, 0.717) is 0 Å². The highest BCUT2D eigenvalue weighted by atomic mass is 16.8. The Kier molecular flexibility index (Phi) is 9.19. The Bertz CT molecular complexity index is 603. The van der Waals surface area contributed by atoms with Gasteiger partial charge in [-0.3, -0.25) is 0 Å². The van der Waals surface area contributed by atoms with Crippen molar-refractivity contribution in [1.29, 1.82) is 0 Å². The predicted octanol–water partition coefficient (Wildman–Crippen LogP) is -1.36. The van der Waals surface area contributed by atoms with Crippen LogP contribution in [0.1, 0.15) is 6.42 Å². The quantitative estimate of drug-likeness (QED) is 0.193. The zero-order valence-corrected chi connectivity index (χ0v) is 17.1. The highest BCUT2D eigenvalue weighted by Gasteiger charge is 2.47. The number of carbonyl (C=O) groups excluding carboxylic acids is 1. The van der Waals surface area contributed by atoms with E-state index in [9.17, 15) is 25.2 Å². The number of carbonyl (C=O) groups is 1. The fourth-order valence-electron chi connectivity index (χ4n) is 3.52. The summed E-state index contributed by atoms with van der Waals surface area (Å²) in [6, 6.07) is 0. The van der Waals surface area contributed by atoms with Crippen LogP contribution in [0.3, 0.4) is 0 Å². The second kappa shape index (κ2) is 11.2. The third kappa shape index (κ3) is 5.18. The molecule has 0 amide bonds. The maximum absolute atomic E-state index is 12.2. The van der Waals surface area contributed by atoms with E-state index < -0.39 is 67.7 Å². The van der Waals surface area contributed by atoms with Gasteiger partial charge in [0.15, 0.2) is 12.6 Å².